The Morgan fingerprint density at radius 3 is 2.57 bits per heavy atom. The van der Waals surface area contributed by atoms with Crippen molar-refractivity contribution >= 4 is 0 Å². The van der Waals surface area contributed by atoms with Crippen LogP contribution >= 0.6 is 0 Å². The molecule has 0 spiro atoms. The zero-order valence-corrected chi connectivity index (χ0v) is 12.2. The lowest BCUT2D eigenvalue weighted by Crippen LogP contribution is -2.08. The smallest absolute Gasteiger partial charge is 0.220 e. The Morgan fingerprint density at radius 2 is 1.86 bits per heavy atom. The summed E-state index contributed by atoms with van der Waals surface area (Å²) in [6.45, 7) is 0. The zero-order chi connectivity index (χ0) is 14.8. The summed E-state index contributed by atoms with van der Waals surface area (Å²) in [4.78, 5) is 12.0. The lowest BCUT2D eigenvalue weighted by atomic mass is 9.95. The van der Waals surface area contributed by atoms with Gasteiger partial charge in [0.1, 0.15) is 0 Å². The Balaban J connectivity index is 2.14. The Morgan fingerprint density at radius 1 is 1.10 bits per heavy atom. The van der Waals surface area contributed by atoms with Crippen LogP contribution in [-0.2, 0) is 13.5 Å². The first-order valence-electron chi connectivity index (χ1n) is 6.88. The maximum atomic E-state index is 12.0. The van der Waals surface area contributed by atoms with Gasteiger partial charge in [0.2, 0.25) is 5.43 Å². The minimum Gasteiger partial charge on any atom is -0.493 e. The summed E-state index contributed by atoms with van der Waals surface area (Å²) < 4.78 is 7.15. The first-order valence-corrected chi connectivity index (χ1v) is 6.88. The van der Waals surface area contributed by atoms with E-state index in [1.54, 1.807) is 6.07 Å². The number of hydrogen-bond acceptors (Lipinski definition) is 2. The van der Waals surface area contributed by atoms with Gasteiger partial charge >= 0.3 is 0 Å². The van der Waals surface area contributed by atoms with Crippen LogP contribution in [-0.4, -0.2) is 11.7 Å². The number of fused-ring (bicyclic) bond motifs is 1. The molecule has 3 nitrogen and oxygen atoms in total. The van der Waals surface area contributed by atoms with Crippen molar-refractivity contribution in [2.75, 3.05) is 7.11 Å². The van der Waals surface area contributed by atoms with Crippen molar-refractivity contribution in [3.05, 3.63) is 76.2 Å². The van der Waals surface area contributed by atoms with E-state index in [9.17, 15) is 4.79 Å². The predicted molar refractivity (Wildman–Crippen MR) is 84.1 cm³/mol. The fraction of sp³-hybridized carbons (Fsp3) is 0.167. The average molecular weight is 279 g/mol. The molecule has 3 rings (SSSR count). The minimum atomic E-state index is -0.0758. The van der Waals surface area contributed by atoms with Crippen molar-refractivity contribution in [3.8, 4) is 16.9 Å². The summed E-state index contributed by atoms with van der Waals surface area (Å²) in [7, 11) is 3.52. The molecule has 0 fully saturated rings. The number of methoxy groups -OCH3 is 1. The van der Waals surface area contributed by atoms with Crippen LogP contribution in [0.3, 0.4) is 0 Å². The monoisotopic (exact) mass is 279 g/mol. The molecule has 0 saturated heterocycles. The van der Waals surface area contributed by atoms with Crippen LogP contribution in [0.15, 0.2) is 59.7 Å². The number of benzene rings is 2. The minimum absolute atomic E-state index is 0.0758. The highest BCUT2D eigenvalue weighted by molar-refractivity contribution is 5.70. The van der Waals surface area contributed by atoms with Gasteiger partial charge in [-0.05, 0) is 35.2 Å². The normalized spacial score (nSPS) is 10.8. The fourth-order valence-corrected chi connectivity index (χ4v) is 2.65. The third-order valence-electron chi connectivity index (χ3n) is 3.62. The van der Waals surface area contributed by atoms with Gasteiger partial charge < -0.3 is 9.30 Å². The third-order valence-corrected chi connectivity index (χ3v) is 3.62. The van der Waals surface area contributed by atoms with Crippen LogP contribution in [0.5, 0.6) is 5.75 Å². The van der Waals surface area contributed by atoms with E-state index < -0.39 is 0 Å². The third kappa shape index (κ3) is 2.68. The molecule has 21 heavy (non-hydrogen) atoms. The van der Waals surface area contributed by atoms with E-state index in [2.05, 4.69) is 18.3 Å². The molecule has 0 atom stereocenters. The molecule has 1 heterocycles. The van der Waals surface area contributed by atoms with Crippen LogP contribution in [0.25, 0.3) is 11.1 Å². The standard InChI is InChI=1S/C18H17NO2/c1-19-11-14(8-13-6-4-3-5-7-13)16-10-17(20)18(21-2)9-15(16)12-19/h3-7,9-12H,8H2,1-2H3. The van der Waals surface area contributed by atoms with Crippen molar-refractivity contribution in [1.29, 1.82) is 0 Å². The summed E-state index contributed by atoms with van der Waals surface area (Å²) in [6.07, 6.45) is 4.88. The molecule has 0 bridgehead atoms. The molecule has 1 aliphatic heterocycles. The van der Waals surface area contributed by atoms with Gasteiger partial charge in [-0.15, -0.1) is 0 Å². The second-order valence-electron chi connectivity index (χ2n) is 5.20. The molecule has 0 N–H and O–H groups in total. The number of hydrogen-bond donors (Lipinski definition) is 0. The highest BCUT2D eigenvalue weighted by Gasteiger charge is 2.13. The van der Waals surface area contributed by atoms with Crippen molar-refractivity contribution in [1.82, 2.24) is 4.57 Å². The van der Waals surface area contributed by atoms with Gasteiger partial charge in [-0.3, -0.25) is 4.79 Å². The predicted octanol–water partition coefficient (Wildman–Crippen LogP) is 3.09. The Labute approximate surface area is 123 Å². The van der Waals surface area contributed by atoms with Gasteiger partial charge in [-0.2, -0.15) is 0 Å². The Hall–Kier alpha value is -2.55. The van der Waals surface area contributed by atoms with E-state index in [4.69, 9.17) is 4.74 Å². The highest BCUT2D eigenvalue weighted by atomic mass is 16.5. The SMILES string of the molecule is COc1cc2cn(C)cc(Cc3ccccc3)c-2cc1=O. The van der Waals surface area contributed by atoms with E-state index in [1.165, 1.54) is 12.7 Å². The number of nitrogens with zero attached hydrogens (tertiary/aromatic N) is 1. The first kappa shape index (κ1) is 13.4. The van der Waals surface area contributed by atoms with Crippen LogP contribution in [0, 0.1) is 0 Å². The highest BCUT2D eigenvalue weighted by Crippen LogP contribution is 2.28. The van der Waals surface area contributed by atoms with Crippen LogP contribution in [0.4, 0.5) is 0 Å². The molecule has 1 aliphatic carbocycles. The molecule has 0 aromatic heterocycles. The van der Waals surface area contributed by atoms with Crippen molar-refractivity contribution in [2.24, 2.45) is 7.05 Å². The second-order valence-corrected chi connectivity index (χ2v) is 5.20. The molecule has 3 heteroatoms. The summed E-state index contributed by atoms with van der Waals surface area (Å²) >= 11 is 0. The molecule has 106 valence electrons. The maximum Gasteiger partial charge on any atom is 0.220 e. The Kier molecular flexibility index (Phi) is 3.48. The number of aromatic nitrogens is 1. The average Bonchev–Trinajstić information content (AvgIpc) is 2.48. The topological polar surface area (TPSA) is 31.2 Å². The number of aryl methyl sites for hydroxylation is 1. The van der Waals surface area contributed by atoms with E-state index >= 15 is 0 Å². The zero-order valence-electron chi connectivity index (χ0n) is 12.2. The molecule has 0 saturated carbocycles. The quantitative estimate of drug-likeness (QED) is 0.737. The molecule has 0 unspecified atom stereocenters. The van der Waals surface area contributed by atoms with Crippen molar-refractivity contribution < 1.29 is 4.74 Å². The Bertz CT molecular complexity index is 790. The van der Waals surface area contributed by atoms with E-state index in [1.807, 2.05) is 42.1 Å². The number of pyridine rings is 1. The molecule has 1 aromatic carbocycles. The lowest BCUT2D eigenvalue weighted by molar-refractivity contribution is 0.411. The molecule has 2 aliphatic rings. The molecule has 0 radical (unpaired) electrons. The summed E-state index contributed by atoms with van der Waals surface area (Å²) in [5.41, 5.74) is 4.30. The van der Waals surface area contributed by atoms with Crippen LogP contribution < -0.4 is 10.2 Å². The summed E-state index contributed by atoms with van der Waals surface area (Å²) in [6, 6.07) is 13.7. The second kappa shape index (κ2) is 5.44. The number of rotatable bonds is 3. The van der Waals surface area contributed by atoms with Crippen LogP contribution in [0.1, 0.15) is 11.1 Å². The fourth-order valence-electron chi connectivity index (χ4n) is 2.65. The van der Waals surface area contributed by atoms with Gasteiger partial charge in [-0.25, -0.2) is 0 Å². The van der Waals surface area contributed by atoms with E-state index in [0.29, 0.717) is 5.75 Å². The van der Waals surface area contributed by atoms with Crippen molar-refractivity contribution in [3.63, 3.8) is 0 Å². The van der Waals surface area contributed by atoms with Gasteiger partial charge in [0.05, 0.1) is 7.11 Å². The van der Waals surface area contributed by atoms with E-state index in [-0.39, 0.29) is 5.43 Å². The van der Waals surface area contributed by atoms with Gasteiger partial charge in [-0.1, -0.05) is 30.3 Å². The van der Waals surface area contributed by atoms with Crippen LogP contribution in [0.2, 0.25) is 0 Å². The number of ether oxygens (including phenoxy) is 1. The molecule has 0 amide bonds. The first-order chi connectivity index (χ1) is 10.2. The van der Waals surface area contributed by atoms with Gasteiger partial charge in [0, 0.05) is 25.0 Å². The van der Waals surface area contributed by atoms with Crippen molar-refractivity contribution in [2.45, 2.75) is 6.42 Å². The molecule has 1 aromatic rings. The maximum absolute atomic E-state index is 12.0. The largest absolute Gasteiger partial charge is 0.493 e. The summed E-state index contributed by atoms with van der Waals surface area (Å²) in [5.74, 6) is 0.388. The van der Waals surface area contributed by atoms with Gasteiger partial charge in [0.25, 0.3) is 0 Å². The van der Waals surface area contributed by atoms with E-state index in [0.717, 1.165) is 23.1 Å². The molecular formula is C18H17NO2. The summed E-state index contributed by atoms with van der Waals surface area (Å²) in [5, 5.41) is 0. The van der Waals surface area contributed by atoms with Gasteiger partial charge in [0.15, 0.2) is 5.75 Å². The lowest BCUT2D eigenvalue weighted by Gasteiger charge is -2.15. The molecular weight excluding hydrogens is 262 g/mol.